The minimum absolute atomic E-state index is 0.0431. The number of carbonyl (C=O) groups is 2. The van der Waals surface area contributed by atoms with Crippen molar-refractivity contribution in [3.05, 3.63) is 83.8 Å². The Kier molecular flexibility index (Phi) is 7.07. The number of ketones is 1. The van der Waals surface area contributed by atoms with Gasteiger partial charge in [0.05, 0.1) is 30.5 Å². The molecule has 1 atom stereocenters. The van der Waals surface area contributed by atoms with Gasteiger partial charge in [-0.25, -0.2) is 4.98 Å². The average molecular weight is 503 g/mol. The van der Waals surface area contributed by atoms with E-state index in [1.54, 1.807) is 34.6 Å². The molecule has 0 bridgehead atoms. The van der Waals surface area contributed by atoms with Gasteiger partial charge in [0.2, 0.25) is 0 Å². The zero-order chi connectivity index (χ0) is 25.9. The number of ether oxygens (including phenoxy) is 2. The van der Waals surface area contributed by atoms with Crippen LogP contribution in [0.4, 0.5) is 0 Å². The molecule has 3 aromatic rings. The summed E-state index contributed by atoms with van der Waals surface area (Å²) in [6.45, 7) is 9.51. The molecule has 2 fully saturated rings. The summed E-state index contributed by atoms with van der Waals surface area (Å²) >= 11 is 0. The topological polar surface area (TPSA) is 96.6 Å². The molecule has 0 spiro atoms. The van der Waals surface area contributed by atoms with Crippen LogP contribution in [0, 0.1) is 6.92 Å². The van der Waals surface area contributed by atoms with Crippen LogP contribution in [0.15, 0.2) is 66.9 Å². The van der Waals surface area contributed by atoms with Gasteiger partial charge < -0.3 is 19.5 Å². The smallest absolute Gasteiger partial charge is 0.295 e. The third-order valence-electron chi connectivity index (χ3n) is 6.77. The fourth-order valence-corrected chi connectivity index (χ4v) is 4.99. The Hall–Kier alpha value is -3.95. The maximum Gasteiger partial charge on any atom is 0.295 e. The van der Waals surface area contributed by atoms with E-state index in [2.05, 4.69) is 16.5 Å². The minimum Gasteiger partial charge on any atom is -0.505 e. The Morgan fingerprint density at radius 3 is 2.78 bits per heavy atom. The second-order valence-corrected chi connectivity index (χ2v) is 9.09. The number of morpholine rings is 1. The monoisotopic (exact) mass is 502 g/mol. The molecule has 0 radical (unpaired) electrons. The molecule has 0 aliphatic carbocycles. The summed E-state index contributed by atoms with van der Waals surface area (Å²) in [4.78, 5) is 35.1. The normalized spacial score (nSPS) is 20.0. The van der Waals surface area contributed by atoms with Crippen molar-refractivity contribution >= 4 is 23.1 Å². The highest BCUT2D eigenvalue weighted by Crippen LogP contribution is 2.40. The lowest BCUT2D eigenvalue weighted by molar-refractivity contribution is -0.140. The first-order chi connectivity index (χ1) is 18.0. The van der Waals surface area contributed by atoms with Crippen molar-refractivity contribution in [2.75, 3.05) is 46.0 Å². The Morgan fingerprint density at radius 2 is 2.00 bits per heavy atom. The summed E-state index contributed by atoms with van der Waals surface area (Å²) in [5.41, 5.74) is 2.31. The molecule has 192 valence electrons. The number of fused-ring (bicyclic) bond motifs is 1. The predicted molar refractivity (Wildman–Crippen MR) is 138 cm³/mol. The third kappa shape index (κ3) is 4.75. The van der Waals surface area contributed by atoms with Gasteiger partial charge in [0, 0.05) is 32.4 Å². The largest absolute Gasteiger partial charge is 0.505 e. The van der Waals surface area contributed by atoms with Crippen molar-refractivity contribution in [1.82, 2.24) is 19.2 Å². The van der Waals surface area contributed by atoms with E-state index < -0.39 is 17.7 Å². The summed E-state index contributed by atoms with van der Waals surface area (Å²) in [5, 5.41) is 11.6. The van der Waals surface area contributed by atoms with Crippen LogP contribution in [0.1, 0.15) is 23.0 Å². The van der Waals surface area contributed by atoms with E-state index in [-0.39, 0.29) is 11.3 Å². The Labute approximate surface area is 215 Å². The Morgan fingerprint density at radius 1 is 1.19 bits per heavy atom. The molecule has 2 aliphatic rings. The quantitative estimate of drug-likeness (QED) is 0.219. The number of rotatable bonds is 8. The number of imidazole rings is 1. The van der Waals surface area contributed by atoms with E-state index in [0.29, 0.717) is 61.3 Å². The fourth-order valence-electron chi connectivity index (χ4n) is 4.99. The van der Waals surface area contributed by atoms with Gasteiger partial charge >= 0.3 is 0 Å². The molecule has 37 heavy (non-hydrogen) atoms. The number of aliphatic hydroxyl groups excluding tert-OH is 1. The van der Waals surface area contributed by atoms with Gasteiger partial charge in [-0.05, 0) is 36.8 Å². The van der Waals surface area contributed by atoms with E-state index in [4.69, 9.17) is 9.47 Å². The van der Waals surface area contributed by atoms with Crippen LogP contribution in [-0.2, 0) is 14.3 Å². The number of hydrogen-bond donors (Lipinski definition) is 1. The zero-order valence-electron chi connectivity index (χ0n) is 20.8. The van der Waals surface area contributed by atoms with Gasteiger partial charge in [0.1, 0.15) is 23.7 Å². The number of aryl methyl sites for hydroxylation is 1. The molecule has 2 aromatic heterocycles. The van der Waals surface area contributed by atoms with Crippen molar-refractivity contribution in [3.8, 4) is 5.75 Å². The molecular weight excluding hydrogens is 472 g/mol. The number of benzene rings is 1. The van der Waals surface area contributed by atoms with Gasteiger partial charge in [0.15, 0.2) is 5.76 Å². The fraction of sp³-hybridized carbons (Fsp3) is 0.321. The van der Waals surface area contributed by atoms with Crippen LogP contribution in [0.3, 0.4) is 0 Å². The third-order valence-corrected chi connectivity index (χ3v) is 6.77. The second-order valence-electron chi connectivity index (χ2n) is 9.09. The van der Waals surface area contributed by atoms with Crippen molar-refractivity contribution in [3.63, 3.8) is 0 Å². The lowest BCUT2D eigenvalue weighted by atomic mass is 9.96. The number of aromatic nitrogens is 2. The maximum absolute atomic E-state index is 13.5. The molecule has 2 saturated heterocycles. The number of Topliss-reactive ketones (excluding diaryl/α,β-unsaturated/α-hetero) is 1. The summed E-state index contributed by atoms with van der Waals surface area (Å²) in [5.74, 6) is -1.01. The van der Waals surface area contributed by atoms with Crippen molar-refractivity contribution in [1.29, 1.82) is 0 Å². The van der Waals surface area contributed by atoms with E-state index in [1.807, 2.05) is 36.4 Å². The van der Waals surface area contributed by atoms with Gasteiger partial charge in [0.25, 0.3) is 11.7 Å². The molecule has 4 heterocycles. The molecule has 2 aliphatic heterocycles. The number of aliphatic hydroxyl groups is 1. The number of hydrogen-bond acceptors (Lipinski definition) is 7. The summed E-state index contributed by atoms with van der Waals surface area (Å²) < 4.78 is 12.9. The molecule has 1 unspecified atom stereocenters. The van der Waals surface area contributed by atoms with Gasteiger partial charge in [-0.3, -0.25) is 18.9 Å². The highest BCUT2D eigenvalue weighted by atomic mass is 16.5. The highest BCUT2D eigenvalue weighted by molar-refractivity contribution is 6.46. The molecule has 5 rings (SSSR count). The number of nitrogens with zero attached hydrogens (tertiary/aromatic N) is 4. The summed E-state index contributed by atoms with van der Waals surface area (Å²) in [7, 11) is 0. The second kappa shape index (κ2) is 10.6. The maximum atomic E-state index is 13.5. The molecule has 1 N–H and O–H groups in total. The van der Waals surface area contributed by atoms with Crippen LogP contribution in [0.5, 0.6) is 5.75 Å². The first-order valence-corrected chi connectivity index (χ1v) is 12.4. The Balaban J connectivity index is 1.60. The first kappa shape index (κ1) is 24.7. The number of pyridine rings is 1. The number of amides is 1. The Bertz CT molecular complexity index is 1370. The van der Waals surface area contributed by atoms with Crippen LogP contribution < -0.4 is 4.74 Å². The van der Waals surface area contributed by atoms with Crippen molar-refractivity contribution in [2.45, 2.75) is 13.0 Å². The van der Waals surface area contributed by atoms with Crippen molar-refractivity contribution < 1.29 is 24.2 Å². The van der Waals surface area contributed by atoms with Crippen LogP contribution in [-0.4, -0.2) is 82.0 Å². The van der Waals surface area contributed by atoms with E-state index in [9.17, 15) is 14.7 Å². The molecular formula is C28H30N4O5. The van der Waals surface area contributed by atoms with E-state index in [0.717, 1.165) is 13.1 Å². The van der Waals surface area contributed by atoms with Gasteiger partial charge in [-0.15, -0.1) is 0 Å². The first-order valence-electron chi connectivity index (χ1n) is 12.4. The zero-order valence-corrected chi connectivity index (χ0v) is 20.8. The molecule has 9 nitrogen and oxygen atoms in total. The van der Waals surface area contributed by atoms with Crippen LogP contribution in [0.25, 0.3) is 11.4 Å². The van der Waals surface area contributed by atoms with Crippen LogP contribution in [0.2, 0.25) is 0 Å². The molecule has 1 amide bonds. The van der Waals surface area contributed by atoms with Gasteiger partial charge in [-0.1, -0.05) is 30.9 Å². The minimum atomic E-state index is -0.776. The summed E-state index contributed by atoms with van der Waals surface area (Å²) in [6.07, 6.45) is 3.42. The van der Waals surface area contributed by atoms with Gasteiger partial charge in [-0.2, -0.15) is 0 Å². The average Bonchev–Trinajstić information content (AvgIpc) is 3.39. The van der Waals surface area contributed by atoms with E-state index >= 15 is 0 Å². The highest BCUT2D eigenvalue weighted by Gasteiger charge is 2.46. The lowest BCUT2D eigenvalue weighted by Crippen LogP contribution is -2.42. The van der Waals surface area contributed by atoms with Crippen molar-refractivity contribution in [2.24, 2.45) is 0 Å². The summed E-state index contributed by atoms with van der Waals surface area (Å²) in [6, 6.07) is 12.0. The van der Waals surface area contributed by atoms with E-state index in [1.165, 1.54) is 0 Å². The SMILES string of the molecule is C=CCOc1cccc(C2/C(=C(\O)c3c(C)nc4ccccn34)C(=O)C(=O)N2CCN2CCOCC2)c1. The predicted octanol–water partition coefficient (Wildman–Crippen LogP) is 2.96. The standard InChI is InChI=1S/C28H30N4O5/c1-3-15-37-21-8-6-7-20(18-21)25-23(26(33)24-19(2)29-22-9-4-5-10-31(22)24)27(34)28(35)32(25)12-11-30-13-16-36-17-14-30/h3-10,18,25,33H,1,11-17H2,2H3/b26-23+. The number of carbonyl (C=O) groups excluding carboxylic acids is 2. The molecule has 0 saturated carbocycles. The van der Waals surface area contributed by atoms with Crippen LogP contribution >= 0.6 is 0 Å². The molecule has 1 aromatic carbocycles. The molecule has 9 heteroatoms. The number of likely N-dealkylation sites (tertiary alicyclic amines) is 1. The lowest BCUT2D eigenvalue weighted by Gasteiger charge is -2.31.